The van der Waals surface area contributed by atoms with E-state index in [2.05, 4.69) is 27.1 Å². The van der Waals surface area contributed by atoms with E-state index in [1.165, 1.54) is 29.7 Å². The lowest BCUT2D eigenvalue weighted by atomic mass is 9.87. The molecule has 0 spiro atoms. The summed E-state index contributed by atoms with van der Waals surface area (Å²) in [4.78, 5) is 7.85. The van der Waals surface area contributed by atoms with Crippen LogP contribution in [0.4, 0.5) is 4.39 Å². The molecule has 1 unspecified atom stereocenters. The summed E-state index contributed by atoms with van der Waals surface area (Å²) in [6, 6.07) is 5.04. The molecule has 1 saturated heterocycles. The van der Waals surface area contributed by atoms with Gasteiger partial charge in [0.15, 0.2) is 0 Å². The van der Waals surface area contributed by atoms with Crippen LogP contribution in [0.5, 0.6) is 0 Å². The first kappa shape index (κ1) is 14.9. The van der Waals surface area contributed by atoms with Crippen LogP contribution in [0.1, 0.15) is 18.9 Å². The average molecular weight is 328 g/mol. The van der Waals surface area contributed by atoms with Crippen molar-refractivity contribution in [3.63, 3.8) is 0 Å². The Hall–Kier alpha value is -2.61. The number of aromatic nitrogens is 6. The highest BCUT2D eigenvalue weighted by Crippen LogP contribution is 2.41. The molecule has 124 valence electrons. The lowest BCUT2D eigenvalue weighted by molar-refractivity contribution is -0.0202. The Morgan fingerprint density at radius 2 is 2.08 bits per heavy atom. The molecular formula is C16H17FN6O. The first-order valence-corrected chi connectivity index (χ1v) is 7.78. The van der Waals surface area contributed by atoms with E-state index < -0.39 is 5.60 Å². The third-order valence-corrected chi connectivity index (χ3v) is 4.33. The van der Waals surface area contributed by atoms with Crippen LogP contribution in [0.15, 0.2) is 43.5 Å². The Kier molecular flexibility index (Phi) is 3.61. The molecule has 2 atom stereocenters. The van der Waals surface area contributed by atoms with Crippen molar-refractivity contribution in [3.8, 4) is 5.69 Å². The Labute approximate surface area is 138 Å². The van der Waals surface area contributed by atoms with Gasteiger partial charge in [0.2, 0.25) is 0 Å². The van der Waals surface area contributed by atoms with E-state index in [4.69, 9.17) is 4.74 Å². The Morgan fingerprint density at radius 3 is 2.71 bits per heavy atom. The molecule has 0 aliphatic carbocycles. The van der Waals surface area contributed by atoms with Crippen LogP contribution in [-0.2, 0) is 16.9 Å². The van der Waals surface area contributed by atoms with Gasteiger partial charge >= 0.3 is 0 Å². The Bertz CT molecular complexity index is 819. The van der Waals surface area contributed by atoms with Crippen molar-refractivity contribution in [3.05, 3.63) is 54.9 Å². The van der Waals surface area contributed by atoms with E-state index in [-0.39, 0.29) is 5.82 Å². The largest absolute Gasteiger partial charge is 0.368 e. The van der Waals surface area contributed by atoms with E-state index in [9.17, 15) is 4.39 Å². The third kappa shape index (κ3) is 2.58. The third-order valence-electron chi connectivity index (χ3n) is 4.33. The van der Waals surface area contributed by atoms with Crippen LogP contribution in [0.3, 0.4) is 0 Å². The molecule has 3 aromatic rings. The molecule has 0 N–H and O–H groups in total. The summed E-state index contributed by atoms with van der Waals surface area (Å²) >= 11 is 0. The van der Waals surface area contributed by atoms with Gasteiger partial charge in [-0.15, -0.1) is 0 Å². The maximum absolute atomic E-state index is 14.9. The number of hydrogen-bond acceptors (Lipinski definition) is 5. The predicted octanol–water partition coefficient (Wildman–Crippen LogP) is 1.95. The lowest BCUT2D eigenvalue weighted by Crippen LogP contribution is -2.32. The van der Waals surface area contributed by atoms with E-state index in [0.29, 0.717) is 30.3 Å². The highest BCUT2D eigenvalue weighted by atomic mass is 19.1. The van der Waals surface area contributed by atoms with E-state index in [1.807, 2.05) is 6.07 Å². The molecule has 1 aliphatic rings. The number of rotatable bonds is 4. The molecule has 7 nitrogen and oxygen atoms in total. The van der Waals surface area contributed by atoms with Crippen LogP contribution in [0.25, 0.3) is 5.69 Å². The summed E-state index contributed by atoms with van der Waals surface area (Å²) in [5.74, 6) is 0.0279. The quantitative estimate of drug-likeness (QED) is 0.732. The minimum atomic E-state index is -0.738. The highest BCUT2D eigenvalue weighted by Gasteiger charge is 2.43. The molecule has 1 aliphatic heterocycles. The maximum Gasteiger partial charge on any atom is 0.138 e. The van der Waals surface area contributed by atoms with Crippen molar-refractivity contribution in [2.24, 2.45) is 5.92 Å². The monoisotopic (exact) mass is 328 g/mol. The van der Waals surface area contributed by atoms with Crippen LogP contribution < -0.4 is 0 Å². The van der Waals surface area contributed by atoms with Gasteiger partial charge in [0, 0.05) is 5.56 Å². The molecule has 4 rings (SSSR count). The molecule has 1 aromatic carbocycles. The van der Waals surface area contributed by atoms with E-state index >= 15 is 0 Å². The first-order valence-electron chi connectivity index (χ1n) is 7.78. The summed E-state index contributed by atoms with van der Waals surface area (Å²) in [6.07, 6.45) is 6.77. The fourth-order valence-electron chi connectivity index (χ4n) is 3.30. The van der Waals surface area contributed by atoms with Gasteiger partial charge in [0.25, 0.3) is 0 Å². The maximum atomic E-state index is 14.9. The number of hydrogen-bond donors (Lipinski definition) is 0. The van der Waals surface area contributed by atoms with Crippen molar-refractivity contribution in [2.75, 3.05) is 6.61 Å². The van der Waals surface area contributed by atoms with Gasteiger partial charge in [-0.25, -0.2) is 23.7 Å². The molecule has 3 heterocycles. The molecule has 0 saturated carbocycles. The number of nitrogens with zero attached hydrogens (tertiary/aromatic N) is 6. The van der Waals surface area contributed by atoms with Gasteiger partial charge in [-0.05, 0) is 24.5 Å². The summed E-state index contributed by atoms with van der Waals surface area (Å²) < 4.78 is 24.2. The standard InChI is InChI=1S/C16H17FN6O/c1-12-5-16(24-6-12,7-22-10-18-8-20-22)14-3-2-13(4-15(14)17)23-11-19-9-21-23/h2-4,8-12H,5-7H2,1H3/t12-,16?/m0/s1. The second-order valence-electron chi connectivity index (χ2n) is 6.21. The van der Waals surface area contributed by atoms with Crippen LogP contribution in [-0.4, -0.2) is 36.1 Å². The first-order chi connectivity index (χ1) is 11.7. The number of benzene rings is 1. The molecule has 0 bridgehead atoms. The average Bonchev–Trinajstić information content (AvgIpc) is 3.30. The predicted molar refractivity (Wildman–Crippen MR) is 82.8 cm³/mol. The smallest absolute Gasteiger partial charge is 0.138 e. The minimum absolute atomic E-state index is 0.322. The Morgan fingerprint density at radius 1 is 1.25 bits per heavy atom. The van der Waals surface area contributed by atoms with E-state index in [0.717, 1.165) is 6.42 Å². The van der Waals surface area contributed by atoms with Crippen molar-refractivity contribution in [1.29, 1.82) is 0 Å². The van der Waals surface area contributed by atoms with Gasteiger partial charge in [0.05, 0.1) is 18.8 Å². The second kappa shape index (κ2) is 5.79. The van der Waals surface area contributed by atoms with Crippen molar-refractivity contribution >= 4 is 0 Å². The molecule has 0 radical (unpaired) electrons. The van der Waals surface area contributed by atoms with Gasteiger partial charge < -0.3 is 4.74 Å². The molecule has 24 heavy (non-hydrogen) atoms. The summed E-state index contributed by atoms with van der Waals surface area (Å²) in [6.45, 7) is 3.13. The van der Waals surface area contributed by atoms with E-state index in [1.54, 1.807) is 17.1 Å². The Balaban J connectivity index is 1.73. The summed E-state index contributed by atoms with van der Waals surface area (Å²) in [5, 5.41) is 8.17. The van der Waals surface area contributed by atoms with Crippen LogP contribution >= 0.6 is 0 Å². The number of ether oxygens (including phenoxy) is 1. The molecule has 1 fully saturated rings. The van der Waals surface area contributed by atoms with Crippen LogP contribution in [0, 0.1) is 11.7 Å². The summed E-state index contributed by atoms with van der Waals surface area (Å²) in [7, 11) is 0. The zero-order chi connectivity index (χ0) is 16.6. The van der Waals surface area contributed by atoms with Gasteiger partial charge in [-0.1, -0.05) is 13.0 Å². The molecule has 2 aromatic heterocycles. The fraction of sp³-hybridized carbons (Fsp3) is 0.375. The van der Waals surface area contributed by atoms with Gasteiger partial charge in [-0.3, -0.25) is 0 Å². The normalized spacial score (nSPS) is 23.7. The van der Waals surface area contributed by atoms with Gasteiger partial charge in [-0.2, -0.15) is 10.2 Å². The number of halogens is 1. The zero-order valence-electron chi connectivity index (χ0n) is 13.2. The van der Waals surface area contributed by atoms with Crippen LogP contribution in [0.2, 0.25) is 0 Å². The van der Waals surface area contributed by atoms with Crippen molar-refractivity contribution in [1.82, 2.24) is 29.5 Å². The topological polar surface area (TPSA) is 70.7 Å². The fourth-order valence-corrected chi connectivity index (χ4v) is 3.30. The van der Waals surface area contributed by atoms with Gasteiger partial charge in [0.1, 0.15) is 36.7 Å². The molecular weight excluding hydrogens is 311 g/mol. The van der Waals surface area contributed by atoms with Crippen molar-refractivity contribution in [2.45, 2.75) is 25.5 Å². The van der Waals surface area contributed by atoms with Crippen molar-refractivity contribution < 1.29 is 9.13 Å². The SMILES string of the molecule is C[C@@H]1COC(Cn2cncn2)(c2ccc(-n3cncn3)cc2F)C1. The lowest BCUT2D eigenvalue weighted by Gasteiger charge is -2.29. The molecule has 8 heteroatoms. The highest BCUT2D eigenvalue weighted by molar-refractivity contribution is 5.37. The zero-order valence-corrected chi connectivity index (χ0v) is 13.2. The molecule has 0 amide bonds. The minimum Gasteiger partial charge on any atom is -0.368 e. The second-order valence-corrected chi connectivity index (χ2v) is 6.21. The summed E-state index contributed by atoms with van der Waals surface area (Å²) in [5.41, 5.74) is 0.417.